The van der Waals surface area contributed by atoms with Crippen LogP contribution in [-0.2, 0) is 10.0 Å². The van der Waals surface area contributed by atoms with Gasteiger partial charge in [-0.15, -0.1) is 0 Å². The lowest BCUT2D eigenvalue weighted by Gasteiger charge is -2.23. The van der Waals surface area contributed by atoms with Gasteiger partial charge in [0.15, 0.2) is 0 Å². The molecule has 102 valence electrons. The normalized spacial score (nSPS) is 13.8. The van der Waals surface area contributed by atoms with Crippen LogP contribution in [0.4, 0.5) is 0 Å². The third-order valence-electron chi connectivity index (χ3n) is 2.84. The van der Waals surface area contributed by atoms with E-state index in [9.17, 15) is 13.2 Å². The molecule has 1 N–H and O–H groups in total. The molecular formula is C11H17ClN2O3S. The van der Waals surface area contributed by atoms with Gasteiger partial charge in [-0.05, 0) is 19.4 Å². The number of aromatic amines is 1. The smallest absolute Gasteiger partial charge is 0.266 e. The lowest BCUT2D eigenvalue weighted by molar-refractivity contribution is 0.368. The number of hydrogen-bond acceptors (Lipinski definition) is 3. The molecule has 1 rings (SSSR count). The summed E-state index contributed by atoms with van der Waals surface area (Å²) in [5, 5.41) is -0.132. The molecule has 0 radical (unpaired) electrons. The molecule has 0 bridgehead atoms. The predicted molar refractivity (Wildman–Crippen MR) is 71.4 cm³/mol. The van der Waals surface area contributed by atoms with E-state index in [1.165, 1.54) is 23.6 Å². The molecule has 0 saturated carbocycles. The molecule has 0 aliphatic carbocycles. The standard InChI is InChI=1S/C11H17ClN2O3S/c1-4-5-8(2)14(3)18(16,17)9-6-10(12)11(15)13-7-9/h6-8H,4-5H2,1-3H3,(H,13,15). The molecule has 1 aromatic rings. The number of hydrogen-bond donors (Lipinski definition) is 1. The molecular weight excluding hydrogens is 276 g/mol. The van der Waals surface area contributed by atoms with Gasteiger partial charge in [0.1, 0.15) is 5.02 Å². The van der Waals surface area contributed by atoms with Crippen LogP contribution in [-0.4, -0.2) is 30.8 Å². The van der Waals surface area contributed by atoms with E-state index in [4.69, 9.17) is 11.6 Å². The SMILES string of the molecule is CCCC(C)N(C)S(=O)(=O)c1c[nH]c(=O)c(Cl)c1. The maximum atomic E-state index is 12.3. The van der Waals surface area contributed by atoms with Crippen LogP contribution in [0.2, 0.25) is 5.02 Å². The lowest BCUT2D eigenvalue weighted by atomic mass is 10.2. The van der Waals surface area contributed by atoms with Gasteiger partial charge in [-0.25, -0.2) is 8.42 Å². The zero-order chi connectivity index (χ0) is 13.9. The quantitative estimate of drug-likeness (QED) is 0.900. The van der Waals surface area contributed by atoms with Crippen LogP contribution in [0.25, 0.3) is 0 Å². The third kappa shape index (κ3) is 3.13. The largest absolute Gasteiger partial charge is 0.326 e. The van der Waals surface area contributed by atoms with Crippen molar-refractivity contribution in [3.05, 3.63) is 27.6 Å². The highest BCUT2D eigenvalue weighted by Crippen LogP contribution is 2.18. The van der Waals surface area contributed by atoms with Gasteiger partial charge in [0.2, 0.25) is 10.0 Å². The number of sulfonamides is 1. The van der Waals surface area contributed by atoms with Crippen LogP contribution >= 0.6 is 11.6 Å². The average molecular weight is 293 g/mol. The van der Waals surface area contributed by atoms with Gasteiger partial charge in [-0.3, -0.25) is 4.79 Å². The number of aromatic nitrogens is 1. The van der Waals surface area contributed by atoms with Crippen LogP contribution in [0.1, 0.15) is 26.7 Å². The van der Waals surface area contributed by atoms with Crippen molar-refractivity contribution >= 4 is 21.6 Å². The Balaban J connectivity index is 3.13. The summed E-state index contributed by atoms with van der Waals surface area (Å²) in [6.45, 7) is 3.84. The molecule has 18 heavy (non-hydrogen) atoms. The first-order chi connectivity index (χ1) is 8.30. The van der Waals surface area contributed by atoms with Crippen molar-refractivity contribution in [2.24, 2.45) is 0 Å². The molecule has 5 nitrogen and oxygen atoms in total. The Kier molecular flexibility index (Phi) is 4.95. The van der Waals surface area contributed by atoms with Crippen LogP contribution in [0.5, 0.6) is 0 Å². The molecule has 0 amide bonds. The minimum Gasteiger partial charge on any atom is -0.326 e. The van der Waals surface area contributed by atoms with Crippen molar-refractivity contribution in [1.82, 2.24) is 9.29 Å². The fourth-order valence-corrected chi connectivity index (χ4v) is 3.21. The maximum Gasteiger partial charge on any atom is 0.266 e. The van der Waals surface area contributed by atoms with Gasteiger partial charge < -0.3 is 4.98 Å². The zero-order valence-corrected chi connectivity index (χ0v) is 12.2. The number of nitrogens with zero attached hydrogens (tertiary/aromatic N) is 1. The van der Waals surface area contributed by atoms with E-state index in [-0.39, 0.29) is 16.0 Å². The summed E-state index contributed by atoms with van der Waals surface area (Å²) in [4.78, 5) is 13.4. The second-order valence-corrected chi connectivity index (χ2v) is 6.58. The number of rotatable bonds is 5. The Labute approximate surface area is 112 Å². The van der Waals surface area contributed by atoms with Crippen LogP contribution < -0.4 is 5.56 Å². The lowest BCUT2D eigenvalue weighted by Crippen LogP contribution is -2.35. The molecule has 0 aliphatic rings. The molecule has 1 heterocycles. The van der Waals surface area contributed by atoms with Crippen molar-refractivity contribution in [3.63, 3.8) is 0 Å². The summed E-state index contributed by atoms with van der Waals surface area (Å²) in [5.41, 5.74) is -0.500. The second kappa shape index (κ2) is 5.86. The van der Waals surface area contributed by atoms with Gasteiger partial charge in [0, 0.05) is 19.3 Å². The van der Waals surface area contributed by atoms with E-state index < -0.39 is 15.6 Å². The number of nitrogens with one attached hydrogen (secondary N) is 1. The Morgan fingerprint density at radius 1 is 1.50 bits per heavy atom. The fourth-order valence-electron chi connectivity index (χ4n) is 1.59. The molecule has 1 aromatic heterocycles. The summed E-state index contributed by atoms with van der Waals surface area (Å²) < 4.78 is 25.8. The number of halogens is 1. The van der Waals surface area contributed by atoms with Gasteiger partial charge in [-0.2, -0.15) is 4.31 Å². The van der Waals surface area contributed by atoms with E-state index in [0.717, 1.165) is 12.8 Å². The van der Waals surface area contributed by atoms with Gasteiger partial charge in [0.25, 0.3) is 5.56 Å². The summed E-state index contributed by atoms with van der Waals surface area (Å²) in [6.07, 6.45) is 2.83. The molecule has 0 fully saturated rings. The fraction of sp³-hybridized carbons (Fsp3) is 0.545. The van der Waals surface area contributed by atoms with Gasteiger partial charge in [-0.1, -0.05) is 24.9 Å². The molecule has 0 aromatic carbocycles. The van der Waals surface area contributed by atoms with Crippen molar-refractivity contribution in [2.45, 2.75) is 37.6 Å². The maximum absolute atomic E-state index is 12.3. The van der Waals surface area contributed by atoms with Crippen LogP contribution in [0.15, 0.2) is 22.0 Å². The van der Waals surface area contributed by atoms with Crippen molar-refractivity contribution in [2.75, 3.05) is 7.05 Å². The topological polar surface area (TPSA) is 70.2 Å². The van der Waals surface area contributed by atoms with Crippen LogP contribution in [0.3, 0.4) is 0 Å². The average Bonchev–Trinajstić information content (AvgIpc) is 2.31. The highest BCUT2D eigenvalue weighted by molar-refractivity contribution is 7.89. The third-order valence-corrected chi connectivity index (χ3v) is 5.07. The van der Waals surface area contributed by atoms with Crippen molar-refractivity contribution in [1.29, 1.82) is 0 Å². The molecule has 0 saturated heterocycles. The van der Waals surface area contributed by atoms with E-state index in [1.807, 2.05) is 13.8 Å². The second-order valence-electron chi connectivity index (χ2n) is 4.17. The van der Waals surface area contributed by atoms with E-state index in [0.29, 0.717) is 0 Å². The molecule has 0 spiro atoms. The summed E-state index contributed by atoms with van der Waals surface area (Å²) >= 11 is 5.64. The Morgan fingerprint density at radius 2 is 2.11 bits per heavy atom. The summed E-state index contributed by atoms with van der Waals surface area (Å²) in [7, 11) is -2.10. The highest BCUT2D eigenvalue weighted by Gasteiger charge is 2.25. The Bertz CT molecular complexity index is 568. The monoisotopic (exact) mass is 292 g/mol. The Morgan fingerprint density at radius 3 is 2.61 bits per heavy atom. The summed E-state index contributed by atoms with van der Waals surface area (Å²) in [6, 6.07) is 1.07. The highest BCUT2D eigenvalue weighted by atomic mass is 35.5. The zero-order valence-electron chi connectivity index (χ0n) is 10.6. The van der Waals surface area contributed by atoms with Crippen LogP contribution in [0, 0.1) is 0 Å². The Hall–Kier alpha value is -0.850. The van der Waals surface area contributed by atoms with Crippen molar-refractivity contribution < 1.29 is 8.42 Å². The minimum absolute atomic E-state index is 0.00227. The predicted octanol–water partition coefficient (Wildman–Crippen LogP) is 1.84. The molecule has 1 atom stereocenters. The molecule has 7 heteroatoms. The molecule has 0 aliphatic heterocycles. The van der Waals surface area contributed by atoms with E-state index in [2.05, 4.69) is 4.98 Å². The first kappa shape index (κ1) is 15.2. The summed E-state index contributed by atoms with van der Waals surface area (Å²) in [5.74, 6) is 0. The van der Waals surface area contributed by atoms with Gasteiger partial charge >= 0.3 is 0 Å². The molecule has 1 unspecified atom stereocenters. The first-order valence-electron chi connectivity index (χ1n) is 5.67. The number of H-pyrrole nitrogens is 1. The van der Waals surface area contributed by atoms with Crippen molar-refractivity contribution in [3.8, 4) is 0 Å². The number of pyridine rings is 1. The van der Waals surface area contributed by atoms with Gasteiger partial charge in [0.05, 0.1) is 4.90 Å². The first-order valence-corrected chi connectivity index (χ1v) is 7.48. The van der Waals surface area contributed by atoms with E-state index >= 15 is 0 Å². The van der Waals surface area contributed by atoms with E-state index in [1.54, 1.807) is 0 Å². The minimum atomic E-state index is -3.62.